The van der Waals surface area contributed by atoms with Gasteiger partial charge in [0.25, 0.3) is 0 Å². The van der Waals surface area contributed by atoms with Crippen molar-refractivity contribution in [2.24, 2.45) is 0 Å². The Bertz CT molecular complexity index is 328. The third-order valence-electron chi connectivity index (χ3n) is 2.05. The molecule has 0 aliphatic rings. The zero-order chi connectivity index (χ0) is 11.1. The Labute approximate surface area is 98.4 Å². The molecule has 0 spiro atoms. The Morgan fingerprint density at radius 3 is 3.00 bits per heavy atom. The largest absolute Gasteiger partial charge is 0.320 e. The van der Waals surface area contributed by atoms with Crippen molar-refractivity contribution in [3.63, 3.8) is 0 Å². The van der Waals surface area contributed by atoms with Gasteiger partial charge in [-0.1, -0.05) is 0 Å². The zero-order valence-electron chi connectivity index (χ0n) is 8.79. The molecule has 0 aliphatic carbocycles. The van der Waals surface area contributed by atoms with Crippen LogP contribution in [0.3, 0.4) is 0 Å². The van der Waals surface area contributed by atoms with Gasteiger partial charge in [-0.05, 0) is 47.6 Å². The summed E-state index contributed by atoms with van der Waals surface area (Å²) in [7, 11) is 1.89. The molecule has 1 aromatic rings. The number of hydrogen-bond donors (Lipinski definition) is 1. The van der Waals surface area contributed by atoms with Gasteiger partial charge in [-0.2, -0.15) is 0 Å². The molecule has 4 heteroatoms. The predicted octanol–water partition coefficient (Wildman–Crippen LogP) is 1.96. The van der Waals surface area contributed by atoms with Crippen LogP contribution in [0.4, 0.5) is 0 Å². The van der Waals surface area contributed by atoms with Gasteiger partial charge in [-0.3, -0.25) is 9.78 Å². The lowest BCUT2D eigenvalue weighted by atomic mass is 10.1. The maximum absolute atomic E-state index is 11.5. The molecule has 0 amide bonds. The highest BCUT2D eigenvalue weighted by atomic mass is 79.9. The fourth-order valence-corrected chi connectivity index (χ4v) is 1.74. The van der Waals surface area contributed by atoms with Crippen molar-refractivity contribution < 1.29 is 4.79 Å². The van der Waals surface area contributed by atoms with E-state index in [1.165, 1.54) is 0 Å². The molecule has 82 valence electrons. The Kier molecular flexibility index (Phi) is 5.50. The minimum Gasteiger partial charge on any atom is -0.320 e. The molecule has 15 heavy (non-hydrogen) atoms. The topological polar surface area (TPSA) is 42.0 Å². The van der Waals surface area contributed by atoms with Crippen molar-refractivity contribution in [2.75, 3.05) is 13.6 Å². The average molecular weight is 271 g/mol. The summed E-state index contributed by atoms with van der Waals surface area (Å²) < 4.78 is 0.919. The van der Waals surface area contributed by atoms with Gasteiger partial charge in [0, 0.05) is 29.7 Å². The molecule has 1 aromatic heterocycles. The van der Waals surface area contributed by atoms with Gasteiger partial charge in [-0.15, -0.1) is 0 Å². The maximum atomic E-state index is 11.5. The van der Waals surface area contributed by atoms with E-state index in [0.717, 1.165) is 23.0 Å². The summed E-state index contributed by atoms with van der Waals surface area (Å²) in [6.07, 6.45) is 5.47. The van der Waals surface area contributed by atoms with Gasteiger partial charge in [0.2, 0.25) is 0 Å². The molecule has 0 bridgehead atoms. The number of nitrogens with zero attached hydrogens (tertiary/aromatic N) is 1. The number of nitrogens with one attached hydrogen (secondary N) is 1. The first-order valence-corrected chi connectivity index (χ1v) is 5.77. The molecule has 0 radical (unpaired) electrons. The monoisotopic (exact) mass is 270 g/mol. The third kappa shape index (κ3) is 5.04. The lowest BCUT2D eigenvalue weighted by Crippen LogP contribution is -2.11. The number of halogens is 1. The van der Waals surface area contributed by atoms with E-state index in [1.807, 2.05) is 13.1 Å². The van der Waals surface area contributed by atoms with Gasteiger partial charge in [0.1, 0.15) is 5.78 Å². The van der Waals surface area contributed by atoms with Gasteiger partial charge in [-0.25, -0.2) is 0 Å². The van der Waals surface area contributed by atoms with Crippen LogP contribution in [-0.4, -0.2) is 24.4 Å². The van der Waals surface area contributed by atoms with Crippen LogP contribution in [0.15, 0.2) is 22.9 Å². The standard InChI is InChI=1S/C11H15BrN2O/c1-13-4-2-3-11(15)6-9-5-10(12)8-14-7-9/h5,7-8,13H,2-4,6H2,1H3. The van der Waals surface area contributed by atoms with Crippen LogP contribution < -0.4 is 5.32 Å². The van der Waals surface area contributed by atoms with Gasteiger partial charge >= 0.3 is 0 Å². The van der Waals surface area contributed by atoms with Crippen molar-refractivity contribution in [1.29, 1.82) is 0 Å². The second-order valence-electron chi connectivity index (χ2n) is 3.43. The smallest absolute Gasteiger partial charge is 0.137 e. The minimum atomic E-state index is 0.269. The van der Waals surface area contributed by atoms with Crippen LogP contribution in [0, 0.1) is 0 Å². The van der Waals surface area contributed by atoms with E-state index in [0.29, 0.717) is 12.8 Å². The number of carbonyl (C=O) groups excluding carboxylic acids is 1. The van der Waals surface area contributed by atoms with E-state index in [4.69, 9.17) is 0 Å². The maximum Gasteiger partial charge on any atom is 0.137 e. The second-order valence-corrected chi connectivity index (χ2v) is 4.35. The van der Waals surface area contributed by atoms with Gasteiger partial charge in [0.05, 0.1) is 0 Å². The molecule has 0 atom stereocenters. The van der Waals surface area contributed by atoms with E-state index in [2.05, 4.69) is 26.2 Å². The van der Waals surface area contributed by atoms with E-state index >= 15 is 0 Å². The minimum absolute atomic E-state index is 0.269. The molecule has 1 heterocycles. The Morgan fingerprint density at radius 2 is 2.33 bits per heavy atom. The van der Waals surface area contributed by atoms with Crippen molar-refractivity contribution >= 4 is 21.7 Å². The lowest BCUT2D eigenvalue weighted by Gasteiger charge is -2.01. The van der Waals surface area contributed by atoms with E-state index in [-0.39, 0.29) is 5.78 Å². The van der Waals surface area contributed by atoms with Crippen molar-refractivity contribution in [2.45, 2.75) is 19.3 Å². The van der Waals surface area contributed by atoms with Crippen LogP contribution in [0.5, 0.6) is 0 Å². The highest BCUT2D eigenvalue weighted by Crippen LogP contribution is 2.10. The molecular weight excluding hydrogens is 256 g/mol. The number of carbonyl (C=O) groups is 1. The fourth-order valence-electron chi connectivity index (χ4n) is 1.33. The fraction of sp³-hybridized carbons (Fsp3) is 0.455. The highest BCUT2D eigenvalue weighted by molar-refractivity contribution is 9.10. The SMILES string of the molecule is CNCCCC(=O)Cc1cncc(Br)c1. The van der Waals surface area contributed by atoms with E-state index in [1.54, 1.807) is 12.4 Å². The summed E-state index contributed by atoms with van der Waals surface area (Å²) >= 11 is 3.33. The Hall–Kier alpha value is -0.740. The summed E-state index contributed by atoms with van der Waals surface area (Å²) in [5.41, 5.74) is 0.971. The first kappa shape index (κ1) is 12.3. The first-order valence-electron chi connectivity index (χ1n) is 4.98. The van der Waals surface area contributed by atoms with Crippen LogP contribution >= 0.6 is 15.9 Å². The predicted molar refractivity (Wildman–Crippen MR) is 63.8 cm³/mol. The number of pyridine rings is 1. The van der Waals surface area contributed by atoms with E-state index in [9.17, 15) is 4.79 Å². The summed E-state index contributed by atoms with van der Waals surface area (Å²) in [5, 5.41) is 3.02. The van der Waals surface area contributed by atoms with Crippen LogP contribution in [-0.2, 0) is 11.2 Å². The van der Waals surface area contributed by atoms with Crippen LogP contribution in [0.25, 0.3) is 0 Å². The number of Topliss-reactive ketones (excluding diaryl/α,β-unsaturated/α-hetero) is 1. The average Bonchev–Trinajstić information content (AvgIpc) is 2.18. The summed E-state index contributed by atoms with van der Waals surface area (Å²) in [6, 6.07) is 1.93. The molecule has 0 fully saturated rings. The molecular formula is C11H15BrN2O. The Balaban J connectivity index is 2.37. The van der Waals surface area contributed by atoms with Crippen LogP contribution in [0.2, 0.25) is 0 Å². The van der Waals surface area contributed by atoms with Crippen molar-refractivity contribution in [1.82, 2.24) is 10.3 Å². The molecule has 3 nitrogen and oxygen atoms in total. The van der Waals surface area contributed by atoms with Crippen molar-refractivity contribution in [3.05, 3.63) is 28.5 Å². The molecule has 0 aromatic carbocycles. The highest BCUT2D eigenvalue weighted by Gasteiger charge is 2.03. The molecule has 0 aliphatic heterocycles. The summed E-state index contributed by atoms with van der Waals surface area (Å²) in [5.74, 6) is 0.269. The Morgan fingerprint density at radius 1 is 1.53 bits per heavy atom. The first-order chi connectivity index (χ1) is 7.22. The quantitative estimate of drug-likeness (QED) is 0.804. The third-order valence-corrected chi connectivity index (χ3v) is 2.48. The van der Waals surface area contributed by atoms with Gasteiger partial charge < -0.3 is 5.32 Å². The molecule has 1 rings (SSSR count). The normalized spacial score (nSPS) is 10.3. The number of aromatic nitrogens is 1. The molecule has 0 unspecified atom stereocenters. The van der Waals surface area contributed by atoms with Crippen molar-refractivity contribution in [3.8, 4) is 0 Å². The summed E-state index contributed by atoms with van der Waals surface area (Å²) in [6.45, 7) is 0.891. The second kappa shape index (κ2) is 6.69. The van der Waals surface area contributed by atoms with Gasteiger partial charge in [0.15, 0.2) is 0 Å². The molecule has 0 saturated carbocycles. The van der Waals surface area contributed by atoms with Crippen LogP contribution in [0.1, 0.15) is 18.4 Å². The number of ketones is 1. The lowest BCUT2D eigenvalue weighted by molar-refractivity contribution is -0.118. The summed E-state index contributed by atoms with van der Waals surface area (Å²) in [4.78, 5) is 15.5. The number of rotatable bonds is 6. The van der Waals surface area contributed by atoms with E-state index < -0.39 is 0 Å². The molecule has 1 N–H and O–H groups in total. The molecule has 0 saturated heterocycles. The number of hydrogen-bond acceptors (Lipinski definition) is 3. The zero-order valence-corrected chi connectivity index (χ0v) is 10.4.